The molecule has 0 heterocycles. The molecule has 0 fully saturated rings. The third kappa shape index (κ3) is 4.08. The molecule has 0 atom stereocenters. The Hall–Kier alpha value is -2.04. The lowest BCUT2D eigenvalue weighted by molar-refractivity contribution is -0.141. The number of carbonyl (C=O) groups excluding carboxylic acids is 1. The number of hydrogen-bond donors (Lipinski definition) is 0. The van der Waals surface area contributed by atoms with E-state index in [0.717, 1.165) is 11.3 Å². The van der Waals surface area contributed by atoms with Gasteiger partial charge in [0.05, 0.1) is 25.8 Å². The molecule has 0 bridgehead atoms. The van der Waals surface area contributed by atoms with E-state index in [2.05, 4.69) is 5.16 Å². The molecule has 0 aliphatic heterocycles. The molecule has 0 saturated carbocycles. The molecule has 0 aliphatic carbocycles. The Bertz CT molecular complexity index is 412. The van der Waals surface area contributed by atoms with Crippen LogP contribution in [0.4, 0.5) is 0 Å². The highest BCUT2D eigenvalue weighted by Crippen LogP contribution is 2.13. The van der Waals surface area contributed by atoms with E-state index in [9.17, 15) is 4.79 Å². The van der Waals surface area contributed by atoms with Gasteiger partial charge in [-0.1, -0.05) is 5.16 Å². The molecule has 1 rings (SSSR count). The first-order chi connectivity index (χ1) is 8.71. The van der Waals surface area contributed by atoms with E-state index in [1.54, 1.807) is 26.2 Å². The summed E-state index contributed by atoms with van der Waals surface area (Å²) in [5.41, 5.74) is 1.32. The van der Waals surface area contributed by atoms with Crippen molar-refractivity contribution >= 4 is 11.7 Å². The van der Waals surface area contributed by atoms with Crippen LogP contribution in [0.2, 0.25) is 0 Å². The lowest BCUT2D eigenvalue weighted by atomic mass is 10.1. The zero-order chi connectivity index (χ0) is 13.4. The molecule has 0 radical (unpaired) electrons. The van der Waals surface area contributed by atoms with Crippen LogP contribution in [0, 0.1) is 0 Å². The summed E-state index contributed by atoms with van der Waals surface area (Å²) in [6.07, 6.45) is 0.0774. The smallest absolute Gasteiger partial charge is 0.312 e. The minimum absolute atomic E-state index is 0.0774. The molecule has 0 spiro atoms. The first-order valence-corrected chi connectivity index (χ1v) is 5.61. The van der Waals surface area contributed by atoms with Crippen LogP contribution in [-0.2, 0) is 14.4 Å². The number of nitrogens with zero attached hydrogens (tertiary/aromatic N) is 1. The summed E-state index contributed by atoms with van der Waals surface area (Å²) in [5.74, 6) is 0.413. The largest absolute Gasteiger partial charge is 0.497 e. The molecule has 0 amide bonds. The van der Waals surface area contributed by atoms with Crippen LogP contribution in [0.15, 0.2) is 29.4 Å². The molecule has 0 saturated heterocycles. The molecule has 0 N–H and O–H groups in total. The number of hydrogen-bond acceptors (Lipinski definition) is 5. The molecule has 98 valence electrons. The number of carbonyl (C=O) groups is 1. The molecule has 0 aromatic heterocycles. The third-order valence-electron chi connectivity index (χ3n) is 2.24. The Balaban J connectivity index is 2.84. The second kappa shape index (κ2) is 7.32. The highest BCUT2D eigenvalue weighted by atomic mass is 16.6. The van der Waals surface area contributed by atoms with Crippen molar-refractivity contribution in [3.8, 4) is 5.75 Å². The first-order valence-electron chi connectivity index (χ1n) is 5.61. The van der Waals surface area contributed by atoms with Crippen molar-refractivity contribution in [1.82, 2.24) is 0 Å². The predicted octanol–water partition coefficient (Wildman–Crippen LogP) is 2.00. The van der Waals surface area contributed by atoms with E-state index in [0.29, 0.717) is 12.3 Å². The highest BCUT2D eigenvalue weighted by Gasteiger charge is 2.11. The summed E-state index contributed by atoms with van der Waals surface area (Å²) in [6, 6.07) is 7.23. The Morgan fingerprint density at radius 1 is 1.22 bits per heavy atom. The number of oxime groups is 1. The van der Waals surface area contributed by atoms with Gasteiger partial charge in [-0.05, 0) is 31.2 Å². The van der Waals surface area contributed by atoms with Crippen LogP contribution in [-0.4, -0.2) is 32.5 Å². The van der Waals surface area contributed by atoms with Gasteiger partial charge in [0.25, 0.3) is 0 Å². The van der Waals surface area contributed by atoms with E-state index in [-0.39, 0.29) is 12.4 Å². The first kappa shape index (κ1) is 14.0. The fourth-order valence-corrected chi connectivity index (χ4v) is 1.43. The lowest BCUT2D eigenvalue weighted by Gasteiger charge is -2.06. The SMILES string of the molecule is CCOC(=O)C/C(=N\OC)c1ccc(OC)cc1. The van der Waals surface area contributed by atoms with E-state index >= 15 is 0 Å². The number of rotatable bonds is 6. The third-order valence-corrected chi connectivity index (χ3v) is 2.24. The Morgan fingerprint density at radius 3 is 2.39 bits per heavy atom. The average Bonchev–Trinajstić information content (AvgIpc) is 2.39. The van der Waals surface area contributed by atoms with Gasteiger partial charge in [0, 0.05) is 5.56 Å². The normalized spacial score (nSPS) is 10.9. The van der Waals surface area contributed by atoms with Gasteiger partial charge in [-0.25, -0.2) is 0 Å². The van der Waals surface area contributed by atoms with Crippen molar-refractivity contribution in [1.29, 1.82) is 0 Å². The fraction of sp³-hybridized carbons (Fsp3) is 0.385. The predicted molar refractivity (Wildman–Crippen MR) is 67.8 cm³/mol. The summed E-state index contributed by atoms with van der Waals surface area (Å²) in [4.78, 5) is 16.2. The maximum atomic E-state index is 11.4. The van der Waals surface area contributed by atoms with Gasteiger partial charge < -0.3 is 14.3 Å². The van der Waals surface area contributed by atoms with Crippen molar-refractivity contribution in [2.75, 3.05) is 20.8 Å². The number of esters is 1. The van der Waals surface area contributed by atoms with E-state index in [1.165, 1.54) is 7.11 Å². The molecule has 1 aromatic rings. The highest BCUT2D eigenvalue weighted by molar-refractivity contribution is 6.09. The fourth-order valence-electron chi connectivity index (χ4n) is 1.43. The topological polar surface area (TPSA) is 57.1 Å². The maximum absolute atomic E-state index is 11.4. The second-order valence-corrected chi connectivity index (χ2v) is 3.43. The van der Waals surface area contributed by atoms with Gasteiger partial charge in [0.1, 0.15) is 12.9 Å². The molecule has 18 heavy (non-hydrogen) atoms. The zero-order valence-corrected chi connectivity index (χ0v) is 10.8. The van der Waals surface area contributed by atoms with Gasteiger partial charge in [-0.3, -0.25) is 4.79 Å². The molecule has 0 unspecified atom stereocenters. The zero-order valence-electron chi connectivity index (χ0n) is 10.8. The van der Waals surface area contributed by atoms with Gasteiger partial charge in [0.15, 0.2) is 0 Å². The monoisotopic (exact) mass is 251 g/mol. The van der Waals surface area contributed by atoms with Crippen molar-refractivity contribution in [2.24, 2.45) is 5.16 Å². The number of benzene rings is 1. The van der Waals surface area contributed by atoms with Gasteiger partial charge in [0.2, 0.25) is 0 Å². The van der Waals surface area contributed by atoms with Crippen LogP contribution in [0.1, 0.15) is 18.9 Å². The number of methoxy groups -OCH3 is 1. The molecular weight excluding hydrogens is 234 g/mol. The molecule has 1 aromatic carbocycles. The maximum Gasteiger partial charge on any atom is 0.312 e. The van der Waals surface area contributed by atoms with Crippen LogP contribution in [0.25, 0.3) is 0 Å². The Kier molecular flexibility index (Phi) is 5.70. The summed E-state index contributed by atoms with van der Waals surface area (Å²) in [7, 11) is 3.03. The molecular formula is C13H17NO4. The van der Waals surface area contributed by atoms with Gasteiger partial charge in [-0.15, -0.1) is 0 Å². The summed E-state index contributed by atoms with van der Waals surface area (Å²) >= 11 is 0. The summed E-state index contributed by atoms with van der Waals surface area (Å²) < 4.78 is 9.95. The quantitative estimate of drug-likeness (QED) is 0.441. The standard InChI is InChI=1S/C13H17NO4/c1-4-18-13(15)9-12(14-17-3)10-5-7-11(16-2)8-6-10/h5-8H,4,9H2,1-3H3/b14-12+. The van der Waals surface area contributed by atoms with E-state index in [4.69, 9.17) is 14.3 Å². The molecule has 5 nitrogen and oxygen atoms in total. The molecule has 5 heteroatoms. The van der Waals surface area contributed by atoms with Crippen LogP contribution in [0.3, 0.4) is 0 Å². The number of ether oxygens (including phenoxy) is 2. The van der Waals surface area contributed by atoms with E-state index < -0.39 is 0 Å². The van der Waals surface area contributed by atoms with E-state index in [1.807, 2.05) is 12.1 Å². The lowest BCUT2D eigenvalue weighted by Crippen LogP contribution is -2.12. The van der Waals surface area contributed by atoms with Crippen LogP contribution < -0.4 is 4.74 Å². The average molecular weight is 251 g/mol. The minimum Gasteiger partial charge on any atom is -0.497 e. The molecule has 0 aliphatic rings. The van der Waals surface area contributed by atoms with Crippen molar-refractivity contribution in [3.63, 3.8) is 0 Å². The van der Waals surface area contributed by atoms with Gasteiger partial charge >= 0.3 is 5.97 Å². The Morgan fingerprint density at radius 2 is 1.89 bits per heavy atom. The summed E-state index contributed by atoms with van der Waals surface area (Å²) in [6.45, 7) is 2.11. The van der Waals surface area contributed by atoms with Crippen LogP contribution in [0.5, 0.6) is 5.75 Å². The minimum atomic E-state index is -0.330. The van der Waals surface area contributed by atoms with Crippen molar-refractivity contribution in [3.05, 3.63) is 29.8 Å². The second-order valence-electron chi connectivity index (χ2n) is 3.43. The Labute approximate surface area is 106 Å². The van der Waals surface area contributed by atoms with Crippen LogP contribution >= 0.6 is 0 Å². The van der Waals surface area contributed by atoms with Crippen molar-refractivity contribution in [2.45, 2.75) is 13.3 Å². The summed E-state index contributed by atoms with van der Waals surface area (Å²) in [5, 5.41) is 3.85. The van der Waals surface area contributed by atoms with Crippen molar-refractivity contribution < 1.29 is 19.1 Å². The van der Waals surface area contributed by atoms with Gasteiger partial charge in [-0.2, -0.15) is 0 Å².